The van der Waals surface area contributed by atoms with Crippen molar-refractivity contribution in [3.63, 3.8) is 0 Å². The van der Waals surface area contributed by atoms with Crippen LogP contribution in [-0.4, -0.2) is 4.98 Å². The summed E-state index contributed by atoms with van der Waals surface area (Å²) >= 11 is 0. The van der Waals surface area contributed by atoms with E-state index < -0.39 is 0 Å². The molecule has 1 aromatic carbocycles. The fourth-order valence-corrected chi connectivity index (χ4v) is 1.65. The van der Waals surface area contributed by atoms with Crippen LogP contribution in [0.15, 0.2) is 67.4 Å². The van der Waals surface area contributed by atoms with Gasteiger partial charge in [0.25, 0.3) is 0 Å². The van der Waals surface area contributed by atoms with E-state index in [9.17, 15) is 0 Å². The van der Waals surface area contributed by atoms with Gasteiger partial charge in [0.2, 0.25) is 0 Å². The largest absolute Gasteiger partial charge is 0.260 e. The predicted molar refractivity (Wildman–Crippen MR) is 62.7 cm³/mol. The Morgan fingerprint density at radius 2 is 1.73 bits per heavy atom. The molecule has 0 aliphatic rings. The van der Waals surface area contributed by atoms with E-state index in [1.165, 1.54) is 5.56 Å². The first-order valence-corrected chi connectivity index (χ1v) is 5.00. The van der Waals surface area contributed by atoms with Crippen LogP contribution < -0.4 is 0 Å². The maximum atomic E-state index is 4.36. The molecule has 15 heavy (non-hydrogen) atoms. The Morgan fingerprint density at radius 3 is 2.33 bits per heavy atom. The molecule has 1 heterocycles. The Morgan fingerprint density at radius 1 is 1.00 bits per heavy atom. The standard InChI is InChI=1S/C14H13N/c1-2-13(12-8-4-3-5-9-12)14-10-6-7-11-15-14/h2-11,13H,1H2/t13-/m1/s1. The van der Waals surface area contributed by atoms with Crippen LogP contribution in [0.3, 0.4) is 0 Å². The van der Waals surface area contributed by atoms with Crippen molar-refractivity contribution in [1.82, 2.24) is 4.98 Å². The number of allylic oxidation sites excluding steroid dienone is 1. The molecule has 0 N–H and O–H groups in total. The van der Waals surface area contributed by atoms with Gasteiger partial charge in [-0.15, -0.1) is 6.58 Å². The third-order valence-corrected chi connectivity index (χ3v) is 2.40. The molecule has 1 heteroatoms. The second-order valence-corrected chi connectivity index (χ2v) is 3.38. The third kappa shape index (κ3) is 2.13. The molecular formula is C14H13N. The van der Waals surface area contributed by atoms with E-state index in [0.717, 1.165) is 5.69 Å². The highest BCUT2D eigenvalue weighted by atomic mass is 14.7. The topological polar surface area (TPSA) is 12.9 Å². The van der Waals surface area contributed by atoms with Crippen molar-refractivity contribution in [2.45, 2.75) is 5.92 Å². The quantitative estimate of drug-likeness (QED) is 0.684. The summed E-state index contributed by atoms with van der Waals surface area (Å²) in [5.74, 6) is 0.187. The van der Waals surface area contributed by atoms with Gasteiger partial charge in [0.1, 0.15) is 0 Å². The smallest absolute Gasteiger partial charge is 0.0516 e. The third-order valence-electron chi connectivity index (χ3n) is 2.40. The first-order chi connectivity index (χ1) is 7.42. The van der Waals surface area contributed by atoms with Crippen molar-refractivity contribution >= 4 is 0 Å². The highest BCUT2D eigenvalue weighted by Crippen LogP contribution is 2.23. The Hall–Kier alpha value is -1.89. The second-order valence-electron chi connectivity index (χ2n) is 3.38. The average Bonchev–Trinajstić information content (AvgIpc) is 2.33. The summed E-state index contributed by atoms with van der Waals surface area (Å²) in [7, 11) is 0. The minimum atomic E-state index is 0.187. The lowest BCUT2D eigenvalue weighted by Gasteiger charge is -2.11. The molecule has 0 spiro atoms. The van der Waals surface area contributed by atoms with Crippen molar-refractivity contribution in [2.24, 2.45) is 0 Å². The molecule has 0 unspecified atom stereocenters. The molecule has 74 valence electrons. The number of pyridine rings is 1. The minimum Gasteiger partial charge on any atom is -0.260 e. The Kier molecular flexibility index (Phi) is 2.93. The van der Waals surface area contributed by atoms with Crippen molar-refractivity contribution in [3.8, 4) is 0 Å². The highest BCUT2D eigenvalue weighted by molar-refractivity contribution is 5.32. The fraction of sp³-hybridized carbons (Fsp3) is 0.0714. The lowest BCUT2D eigenvalue weighted by molar-refractivity contribution is 0.957. The van der Waals surface area contributed by atoms with Crippen LogP contribution in [0.4, 0.5) is 0 Å². The van der Waals surface area contributed by atoms with Gasteiger partial charge in [-0.25, -0.2) is 0 Å². The van der Waals surface area contributed by atoms with Crippen LogP contribution in [0, 0.1) is 0 Å². The van der Waals surface area contributed by atoms with Crippen LogP contribution >= 0.6 is 0 Å². The number of nitrogens with zero attached hydrogens (tertiary/aromatic N) is 1. The van der Waals surface area contributed by atoms with Gasteiger partial charge in [0, 0.05) is 12.1 Å². The summed E-state index contributed by atoms with van der Waals surface area (Å²) in [4.78, 5) is 4.36. The highest BCUT2D eigenvalue weighted by Gasteiger charge is 2.09. The zero-order valence-electron chi connectivity index (χ0n) is 8.51. The van der Waals surface area contributed by atoms with Crippen LogP contribution in [0.2, 0.25) is 0 Å². The lowest BCUT2D eigenvalue weighted by atomic mass is 9.95. The summed E-state index contributed by atoms with van der Waals surface area (Å²) in [6.45, 7) is 3.87. The first-order valence-electron chi connectivity index (χ1n) is 5.00. The molecule has 1 atom stereocenters. The molecular weight excluding hydrogens is 182 g/mol. The van der Waals surface area contributed by atoms with E-state index in [-0.39, 0.29) is 5.92 Å². The number of hydrogen-bond acceptors (Lipinski definition) is 1. The normalized spacial score (nSPS) is 12.0. The van der Waals surface area contributed by atoms with Gasteiger partial charge in [0.15, 0.2) is 0 Å². The van der Waals surface area contributed by atoms with E-state index in [1.807, 2.05) is 48.7 Å². The SMILES string of the molecule is C=C[C@H](c1ccccc1)c1ccccn1. The van der Waals surface area contributed by atoms with Gasteiger partial charge >= 0.3 is 0 Å². The average molecular weight is 195 g/mol. The van der Waals surface area contributed by atoms with Gasteiger partial charge in [-0.2, -0.15) is 0 Å². The van der Waals surface area contributed by atoms with E-state index in [2.05, 4.69) is 23.7 Å². The zero-order valence-corrected chi connectivity index (χ0v) is 8.51. The number of hydrogen-bond donors (Lipinski definition) is 0. The number of aromatic nitrogens is 1. The van der Waals surface area contributed by atoms with Crippen molar-refractivity contribution in [2.75, 3.05) is 0 Å². The van der Waals surface area contributed by atoms with E-state index in [0.29, 0.717) is 0 Å². The molecule has 0 bridgehead atoms. The molecule has 0 fully saturated rings. The Balaban J connectivity index is 2.38. The maximum absolute atomic E-state index is 4.36. The fourth-order valence-electron chi connectivity index (χ4n) is 1.65. The van der Waals surface area contributed by atoms with Crippen molar-refractivity contribution < 1.29 is 0 Å². The summed E-state index contributed by atoms with van der Waals surface area (Å²) < 4.78 is 0. The Labute approximate surface area is 90.1 Å². The first kappa shape index (κ1) is 9.66. The molecule has 0 saturated carbocycles. The summed E-state index contributed by atoms with van der Waals surface area (Å²) in [6.07, 6.45) is 3.74. The molecule has 0 aliphatic carbocycles. The van der Waals surface area contributed by atoms with Crippen LogP contribution in [0.25, 0.3) is 0 Å². The molecule has 0 amide bonds. The molecule has 2 rings (SSSR count). The molecule has 2 aromatic rings. The van der Waals surface area contributed by atoms with Gasteiger partial charge in [-0.1, -0.05) is 42.5 Å². The maximum Gasteiger partial charge on any atom is 0.0516 e. The van der Waals surface area contributed by atoms with Crippen LogP contribution in [-0.2, 0) is 0 Å². The van der Waals surface area contributed by atoms with Crippen LogP contribution in [0.1, 0.15) is 17.2 Å². The van der Waals surface area contributed by atoms with Crippen LogP contribution in [0.5, 0.6) is 0 Å². The monoisotopic (exact) mass is 195 g/mol. The van der Waals surface area contributed by atoms with Gasteiger partial charge in [-0.3, -0.25) is 4.98 Å². The predicted octanol–water partition coefficient (Wildman–Crippen LogP) is 3.40. The summed E-state index contributed by atoms with van der Waals surface area (Å²) in [5.41, 5.74) is 2.27. The number of benzene rings is 1. The molecule has 1 aromatic heterocycles. The van der Waals surface area contributed by atoms with E-state index >= 15 is 0 Å². The molecule has 1 nitrogen and oxygen atoms in total. The molecule has 0 aliphatic heterocycles. The molecule has 0 saturated heterocycles. The van der Waals surface area contributed by atoms with E-state index in [1.54, 1.807) is 0 Å². The minimum absolute atomic E-state index is 0.187. The van der Waals surface area contributed by atoms with Gasteiger partial charge in [0.05, 0.1) is 5.69 Å². The lowest BCUT2D eigenvalue weighted by Crippen LogP contribution is -1.99. The van der Waals surface area contributed by atoms with Gasteiger partial charge in [-0.05, 0) is 17.7 Å². The van der Waals surface area contributed by atoms with E-state index in [4.69, 9.17) is 0 Å². The number of rotatable bonds is 3. The molecule has 0 radical (unpaired) electrons. The van der Waals surface area contributed by atoms with Crippen molar-refractivity contribution in [3.05, 3.63) is 78.6 Å². The van der Waals surface area contributed by atoms with Crippen molar-refractivity contribution in [1.29, 1.82) is 0 Å². The summed E-state index contributed by atoms with van der Waals surface area (Å²) in [5, 5.41) is 0. The Bertz CT molecular complexity index is 380. The van der Waals surface area contributed by atoms with Gasteiger partial charge < -0.3 is 0 Å². The second kappa shape index (κ2) is 4.56. The zero-order chi connectivity index (χ0) is 10.5. The summed E-state index contributed by atoms with van der Waals surface area (Å²) in [6, 6.07) is 16.2.